The van der Waals surface area contributed by atoms with Crippen LogP contribution < -0.4 is 0 Å². The van der Waals surface area contributed by atoms with Crippen LogP contribution in [0.1, 0.15) is 44.4 Å². The molecule has 0 aliphatic carbocycles. The molecule has 0 aliphatic heterocycles. The largest absolute Gasteiger partial charge is 0.481 e. The molecular formula is C19H23NO3S. The highest BCUT2D eigenvalue weighted by atomic mass is 32.1. The Balaban J connectivity index is 2.05. The second kappa shape index (κ2) is 7.71. The molecule has 1 heterocycles. The molecule has 1 aromatic heterocycles. The van der Waals surface area contributed by atoms with Crippen molar-refractivity contribution >= 4 is 23.1 Å². The fourth-order valence-corrected chi connectivity index (χ4v) is 3.57. The summed E-state index contributed by atoms with van der Waals surface area (Å²) in [6.45, 7) is 5.61. The summed E-state index contributed by atoms with van der Waals surface area (Å²) in [5.74, 6) is -0.981. The summed E-state index contributed by atoms with van der Waals surface area (Å²) in [6.07, 6.45) is 1.48. The Labute approximate surface area is 146 Å². The number of aliphatic carboxylic acids is 1. The molecule has 0 aliphatic rings. The van der Waals surface area contributed by atoms with Crippen molar-refractivity contribution in [2.75, 3.05) is 0 Å². The van der Waals surface area contributed by atoms with Gasteiger partial charge in [-0.1, -0.05) is 43.2 Å². The van der Waals surface area contributed by atoms with Gasteiger partial charge in [-0.15, -0.1) is 11.3 Å². The summed E-state index contributed by atoms with van der Waals surface area (Å²) in [6, 6.07) is 8.10. The van der Waals surface area contributed by atoms with Crippen molar-refractivity contribution in [3.05, 3.63) is 40.9 Å². The Bertz CT molecular complexity index is 720. The maximum Gasteiger partial charge on any atom is 0.309 e. The van der Waals surface area contributed by atoms with Crippen LogP contribution in [-0.2, 0) is 16.0 Å². The number of aromatic nitrogens is 1. The molecule has 5 heteroatoms. The van der Waals surface area contributed by atoms with Crippen LogP contribution >= 0.6 is 11.3 Å². The van der Waals surface area contributed by atoms with E-state index < -0.39 is 11.4 Å². The van der Waals surface area contributed by atoms with Crippen LogP contribution in [0.2, 0.25) is 0 Å². The predicted octanol–water partition coefficient (Wildman–Crippen LogP) is 4.51. The van der Waals surface area contributed by atoms with E-state index in [1.54, 1.807) is 6.92 Å². The van der Waals surface area contributed by atoms with Crippen molar-refractivity contribution in [3.8, 4) is 10.6 Å². The van der Waals surface area contributed by atoms with Gasteiger partial charge in [-0.3, -0.25) is 9.59 Å². The van der Waals surface area contributed by atoms with Gasteiger partial charge in [0.2, 0.25) is 0 Å². The van der Waals surface area contributed by atoms with Crippen molar-refractivity contribution in [1.29, 1.82) is 0 Å². The summed E-state index contributed by atoms with van der Waals surface area (Å²) in [4.78, 5) is 28.3. The third-order valence-electron chi connectivity index (χ3n) is 4.13. The number of aryl methyl sites for hydroxylation is 1. The van der Waals surface area contributed by atoms with Gasteiger partial charge in [0.15, 0.2) is 0 Å². The van der Waals surface area contributed by atoms with Crippen molar-refractivity contribution < 1.29 is 14.7 Å². The van der Waals surface area contributed by atoms with E-state index in [0.29, 0.717) is 12.1 Å². The zero-order chi connectivity index (χ0) is 17.7. The van der Waals surface area contributed by atoms with Gasteiger partial charge in [-0.25, -0.2) is 4.98 Å². The molecule has 128 valence electrons. The minimum atomic E-state index is -0.984. The number of benzene rings is 1. The average molecular weight is 345 g/mol. The molecular weight excluding hydrogens is 322 g/mol. The number of ketones is 1. The van der Waals surface area contributed by atoms with Gasteiger partial charge in [0, 0.05) is 23.8 Å². The predicted molar refractivity (Wildman–Crippen MR) is 96.3 cm³/mol. The number of carbonyl (C=O) groups is 2. The maximum atomic E-state index is 12.3. The zero-order valence-electron chi connectivity index (χ0n) is 14.3. The molecule has 0 spiro atoms. The topological polar surface area (TPSA) is 67.3 Å². The van der Waals surface area contributed by atoms with Crippen molar-refractivity contribution in [1.82, 2.24) is 4.98 Å². The number of carbonyl (C=O) groups excluding carboxylic acids is 1. The van der Waals surface area contributed by atoms with Crippen LogP contribution in [0.3, 0.4) is 0 Å². The Morgan fingerprint density at radius 3 is 2.50 bits per heavy atom. The smallest absolute Gasteiger partial charge is 0.309 e. The van der Waals surface area contributed by atoms with Crippen molar-refractivity contribution in [2.24, 2.45) is 5.41 Å². The van der Waals surface area contributed by atoms with E-state index in [-0.39, 0.29) is 18.6 Å². The molecule has 1 atom stereocenters. The molecule has 1 N–H and O–H groups in total. The molecule has 1 aromatic carbocycles. The molecule has 4 nitrogen and oxygen atoms in total. The van der Waals surface area contributed by atoms with Gasteiger partial charge in [0.25, 0.3) is 0 Å². The van der Waals surface area contributed by atoms with E-state index in [1.165, 1.54) is 16.9 Å². The minimum absolute atomic E-state index is 0.0492. The zero-order valence-corrected chi connectivity index (χ0v) is 15.2. The molecule has 24 heavy (non-hydrogen) atoms. The SMILES string of the molecule is CCCC(C)(CC(=O)Cc1csc(-c2ccc(C)cc2)n1)C(=O)O. The number of hydrogen-bond acceptors (Lipinski definition) is 4. The summed E-state index contributed by atoms with van der Waals surface area (Å²) in [5.41, 5.74) is 1.95. The van der Waals surface area contributed by atoms with E-state index in [1.807, 2.05) is 43.5 Å². The van der Waals surface area contributed by atoms with Gasteiger partial charge in [0.05, 0.1) is 11.1 Å². The fraction of sp³-hybridized carbons (Fsp3) is 0.421. The molecule has 2 rings (SSSR count). The lowest BCUT2D eigenvalue weighted by Crippen LogP contribution is -2.30. The summed E-state index contributed by atoms with van der Waals surface area (Å²) in [5, 5.41) is 12.1. The Kier molecular flexibility index (Phi) is 5.89. The lowest BCUT2D eigenvalue weighted by atomic mass is 9.80. The highest BCUT2D eigenvalue weighted by Crippen LogP contribution is 2.30. The van der Waals surface area contributed by atoms with Gasteiger partial charge >= 0.3 is 5.97 Å². The van der Waals surface area contributed by atoms with E-state index in [9.17, 15) is 14.7 Å². The minimum Gasteiger partial charge on any atom is -0.481 e. The lowest BCUT2D eigenvalue weighted by molar-refractivity contribution is -0.150. The van der Waals surface area contributed by atoms with Gasteiger partial charge < -0.3 is 5.11 Å². The normalized spacial score (nSPS) is 13.5. The first-order valence-electron chi connectivity index (χ1n) is 8.10. The average Bonchev–Trinajstić information content (AvgIpc) is 2.96. The monoisotopic (exact) mass is 345 g/mol. The summed E-state index contributed by atoms with van der Waals surface area (Å²) >= 11 is 1.51. The van der Waals surface area contributed by atoms with Gasteiger partial charge in [-0.05, 0) is 20.3 Å². The molecule has 0 saturated heterocycles. The highest BCUT2D eigenvalue weighted by Gasteiger charge is 2.34. The van der Waals surface area contributed by atoms with Gasteiger partial charge in [-0.2, -0.15) is 0 Å². The van der Waals surface area contributed by atoms with Crippen LogP contribution in [0, 0.1) is 12.3 Å². The second-order valence-corrected chi connectivity index (χ2v) is 7.38. The number of thiazole rings is 1. The first-order chi connectivity index (χ1) is 11.3. The van der Waals surface area contributed by atoms with Crippen LogP contribution in [0.15, 0.2) is 29.6 Å². The van der Waals surface area contributed by atoms with E-state index in [4.69, 9.17) is 0 Å². The van der Waals surface area contributed by atoms with Crippen LogP contribution in [0.5, 0.6) is 0 Å². The van der Waals surface area contributed by atoms with Crippen LogP contribution in [0.25, 0.3) is 10.6 Å². The highest BCUT2D eigenvalue weighted by molar-refractivity contribution is 7.13. The fourth-order valence-electron chi connectivity index (χ4n) is 2.74. The number of carboxylic acids is 1. The molecule has 1 unspecified atom stereocenters. The summed E-state index contributed by atoms with van der Waals surface area (Å²) in [7, 11) is 0. The van der Waals surface area contributed by atoms with E-state index in [2.05, 4.69) is 4.98 Å². The van der Waals surface area contributed by atoms with E-state index in [0.717, 1.165) is 17.0 Å². The number of nitrogens with zero attached hydrogens (tertiary/aromatic N) is 1. The van der Waals surface area contributed by atoms with Crippen LogP contribution in [-0.4, -0.2) is 21.8 Å². The quantitative estimate of drug-likeness (QED) is 0.764. The Hall–Kier alpha value is -2.01. The molecule has 0 amide bonds. The summed E-state index contributed by atoms with van der Waals surface area (Å²) < 4.78 is 0. The Morgan fingerprint density at radius 2 is 1.92 bits per heavy atom. The molecule has 0 radical (unpaired) electrons. The number of Topliss-reactive ketones (excluding diaryl/α,β-unsaturated/α-hetero) is 1. The van der Waals surface area contributed by atoms with Crippen molar-refractivity contribution in [2.45, 2.75) is 46.5 Å². The Morgan fingerprint density at radius 1 is 1.25 bits per heavy atom. The molecule has 0 fully saturated rings. The first kappa shape index (κ1) is 18.3. The van der Waals surface area contributed by atoms with Crippen molar-refractivity contribution in [3.63, 3.8) is 0 Å². The van der Waals surface area contributed by atoms with Crippen LogP contribution in [0.4, 0.5) is 0 Å². The molecule has 0 saturated carbocycles. The molecule has 2 aromatic rings. The maximum absolute atomic E-state index is 12.3. The lowest BCUT2D eigenvalue weighted by Gasteiger charge is -2.23. The van der Waals surface area contributed by atoms with E-state index >= 15 is 0 Å². The second-order valence-electron chi connectivity index (χ2n) is 6.52. The third kappa shape index (κ3) is 4.51. The van der Waals surface area contributed by atoms with Gasteiger partial charge in [0.1, 0.15) is 10.8 Å². The number of hydrogen-bond donors (Lipinski definition) is 1. The first-order valence-corrected chi connectivity index (χ1v) is 8.98. The number of rotatable bonds is 8. The number of carboxylic acid groups (broad SMARTS) is 1. The standard InChI is InChI=1S/C19H23NO3S/c1-4-9-19(3,18(22)23)11-16(21)10-15-12-24-17(20-15)14-7-5-13(2)6-8-14/h5-8,12H,4,9-11H2,1-3H3,(H,22,23). The third-order valence-corrected chi connectivity index (χ3v) is 5.07. The molecule has 0 bridgehead atoms.